The van der Waals surface area contributed by atoms with Crippen LogP contribution in [-0.2, 0) is 0 Å². The van der Waals surface area contributed by atoms with Crippen LogP contribution in [0.15, 0.2) is 78.9 Å². The molecule has 130 valence electrons. The van der Waals surface area contributed by atoms with E-state index in [2.05, 4.69) is 0 Å². The summed E-state index contributed by atoms with van der Waals surface area (Å²) in [5.41, 5.74) is 1.34. The molecule has 4 aromatic rings. The van der Waals surface area contributed by atoms with Crippen molar-refractivity contribution >= 4 is 16.5 Å². The summed E-state index contributed by atoms with van der Waals surface area (Å²) in [5.74, 6) is 2.39. The third kappa shape index (κ3) is 2.48. The van der Waals surface area contributed by atoms with Gasteiger partial charge in [-0.25, -0.2) is 0 Å². The van der Waals surface area contributed by atoms with E-state index in [0.717, 1.165) is 10.8 Å². The van der Waals surface area contributed by atoms with Gasteiger partial charge in [0.25, 0.3) is 5.69 Å². The van der Waals surface area contributed by atoms with Crippen LogP contribution in [0.3, 0.4) is 0 Å². The predicted octanol–water partition coefficient (Wildman–Crippen LogP) is 6.31. The number of nitrogens with zero attached hydrogens (tertiary/aromatic N) is 1. The first-order valence-corrected chi connectivity index (χ1v) is 8.46. The molecule has 27 heavy (non-hydrogen) atoms. The maximum atomic E-state index is 11.6. The molecule has 5 nitrogen and oxygen atoms in total. The van der Waals surface area contributed by atoms with E-state index in [1.807, 2.05) is 54.6 Å². The summed E-state index contributed by atoms with van der Waals surface area (Å²) < 4.78 is 11.8. The van der Waals surface area contributed by atoms with Crippen LogP contribution < -0.4 is 9.47 Å². The zero-order valence-electron chi connectivity index (χ0n) is 14.1. The molecule has 0 fully saturated rings. The maximum absolute atomic E-state index is 11.6. The Morgan fingerprint density at radius 3 is 2.15 bits per heavy atom. The molecule has 0 saturated heterocycles. The van der Waals surface area contributed by atoms with Gasteiger partial charge in [0.05, 0.1) is 10.5 Å². The van der Waals surface area contributed by atoms with Crippen molar-refractivity contribution in [2.45, 2.75) is 0 Å². The van der Waals surface area contributed by atoms with Crippen LogP contribution >= 0.6 is 0 Å². The monoisotopic (exact) mass is 355 g/mol. The summed E-state index contributed by atoms with van der Waals surface area (Å²) in [4.78, 5) is 11.3. The quantitative estimate of drug-likeness (QED) is 0.275. The van der Waals surface area contributed by atoms with Crippen LogP contribution in [0.25, 0.3) is 21.9 Å². The molecule has 0 unspecified atom stereocenters. The van der Waals surface area contributed by atoms with Gasteiger partial charge in [-0.1, -0.05) is 42.5 Å². The Hall–Kier alpha value is -3.86. The summed E-state index contributed by atoms with van der Waals surface area (Å²) in [5, 5.41) is 13.4. The molecule has 0 saturated carbocycles. The maximum Gasteiger partial charge on any atom is 0.277 e. The minimum Gasteiger partial charge on any atom is -0.450 e. The van der Waals surface area contributed by atoms with Gasteiger partial charge in [-0.15, -0.1) is 0 Å². The Kier molecular flexibility index (Phi) is 3.33. The fraction of sp³-hybridized carbons (Fsp3) is 0. The number of fused-ring (bicyclic) bond motifs is 3. The fourth-order valence-electron chi connectivity index (χ4n) is 3.40. The molecule has 0 radical (unpaired) electrons. The van der Waals surface area contributed by atoms with Crippen molar-refractivity contribution in [2.75, 3.05) is 0 Å². The first-order chi connectivity index (χ1) is 13.2. The average molecular weight is 355 g/mol. The highest BCUT2D eigenvalue weighted by Crippen LogP contribution is 2.47. The van der Waals surface area contributed by atoms with Gasteiger partial charge in [0, 0.05) is 6.07 Å². The van der Waals surface area contributed by atoms with Gasteiger partial charge in [-0.3, -0.25) is 10.1 Å². The molecule has 1 heterocycles. The van der Waals surface area contributed by atoms with E-state index in [9.17, 15) is 10.1 Å². The smallest absolute Gasteiger partial charge is 0.277 e. The Morgan fingerprint density at radius 1 is 0.704 bits per heavy atom. The van der Waals surface area contributed by atoms with Crippen LogP contribution in [-0.4, -0.2) is 4.92 Å². The zero-order valence-corrected chi connectivity index (χ0v) is 14.1. The SMILES string of the molecule is O=[N+]([O-])c1ccc2ccccc2c1-c1ccc2c(c1)Oc1ccccc1O2. The second-order valence-corrected chi connectivity index (χ2v) is 6.25. The van der Waals surface area contributed by atoms with E-state index in [1.54, 1.807) is 24.3 Å². The van der Waals surface area contributed by atoms with Crippen LogP contribution in [0.2, 0.25) is 0 Å². The van der Waals surface area contributed by atoms with E-state index in [4.69, 9.17) is 9.47 Å². The number of hydrogen-bond donors (Lipinski definition) is 0. The molecule has 4 aromatic carbocycles. The lowest BCUT2D eigenvalue weighted by atomic mass is 9.96. The highest BCUT2D eigenvalue weighted by atomic mass is 16.6. The topological polar surface area (TPSA) is 61.6 Å². The van der Waals surface area contributed by atoms with Gasteiger partial charge < -0.3 is 9.47 Å². The van der Waals surface area contributed by atoms with Gasteiger partial charge in [0.15, 0.2) is 23.0 Å². The van der Waals surface area contributed by atoms with E-state index < -0.39 is 0 Å². The molecule has 1 aliphatic rings. The normalized spacial score (nSPS) is 11.9. The standard InChI is InChI=1S/C22H13NO4/c24-23(25)17-11-9-14-5-1-2-6-16(14)22(17)15-10-12-20-21(13-15)27-19-8-4-3-7-18(19)26-20/h1-13H. The number of nitro benzene ring substituents is 1. The van der Waals surface area contributed by atoms with Crippen molar-refractivity contribution in [1.82, 2.24) is 0 Å². The number of nitro groups is 1. The van der Waals surface area contributed by atoms with Crippen LogP contribution in [0.4, 0.5) is 5.69 Å². The predicted molar refractivity (Wildman–Crippen MR) is 103 cm³/mol. The van der Waals surface area contributed by atoms with Gasteiger partial charge in [-0.2, -0.15) is 0 Å². The largest absolute Gasteiger partial charge is 0.450 e. The van der Waals surface area contributed by atoms with Crippen molar-refractivity contribution in [3.63, 3.8) is 0 Å². The highest BCUT2D eigenvalue weighted by Gasteiger charge is 2.23. The molecule has 1 aliphatic heterocycles. The van der Waals surface area contributed by atoms with E-state index >= 15 is 0 Å². The van der Waals surface area contributed by atoms with Crippen molar-refractivity contribution in [2.24, 2.45) is 0 Å². The molecular weight excluding hydrogens is 342 g/mol. The van der Waals surface area contributed by atoms with Crippen LogP contribution in [0.1, 0.15) is 0 Å². The molecule has 0 aromatic heterocycles. The Labute approximate surface area is 154 Å². The molecule has 5 heteroatoms. The van der Waals surface area contributed by atoms with Gasteiger partial charge in [0.2, 0.25) is 0 Å². The molecule has 0 bridgehead atoms. The van der Waals surface area contributed by atoms with Gasteiger partial charge in [-0.05, 0) is 46.7 Å². The summed E-state index contributed by atoms with van der Waals surface area (Å²) in [6.45, 7) is 0. The van der Waals surface area contributed by atoms with Crippen LogP contribution in [0, 0.1) is 10.1 Å². The Morgan fingerprint density at radius 2 is 1.37 bits per heavy atom. The third-order valence-electron chi connectivity index (χ3n) is 4.63. The highest BCUT2D eigenvalue weighted by molar-refractivity contribution is 6.01. The second kappa shape index (κ2) is 5.85. The summed E-state index contributed by atoms with van der Waals surface area (Å²) >= 11 is 0. The molecule has 0 aliphatic carbocycles. The Bertz CT molecular complexity index is 1220. The molecular formula is C22H13NO4. The van der Waals surface area contributed by atoms with Gasteiger partial charge >= 0.3 is 0 Å². The molecule has 5 rings (SSSR count). The first kappa shape index (κ1) is 15.4. The summed E-state index contributed by atoms with van der Waals surface area (Å²) in [6, 6.07) is 23.7. The molecule has 0 spiro atoms. The van der Waals surface area contributed by atoms with E-state index in [0.29, 0.717) is 34.1 Å². The third-order valence-corrected chi connectivity index (χ3v) is 4.63. The number of hydrogen-bond acceptors (Lipinski definition) is 4. The number of para-hydroxylation sites is 2. The summed E-state index contributed by atoms with van der Waals surface area (Å²) in [6.07, 6.45) is 0. The first-order valence-electron chi connectivity index (χ1n) is 8.46. The lowest BCUT2D eigenvalue weighted by Gasteiger charge is -2.21. The van der Waals surface area contributed by atoms with Crippen LogP contribution in [0.5, 0.6) is 23.0 Å². The lowest BCUT2D eigenvalue weighted by Crippen LogP contribution is -1.99. The average Bonchev–Trinajstić information content (AvgIpc) is 2.70. The molecule has 0 atom stereocenters. The van der Waals surface area contributed by atoms with E-state index in [1.165, 1.54) is 0 Å². The molecule has 0 N–H and O–H groups in total. The fourth-order valence-corrected chi connectivity index (χ4v) is 3.40. The minimum absolute atomic E-state index is 0.0609. The summed E-state index contributed by atoms with van der Waals surface area (Å²) in [7, 11) is 0. The number of ether oxygens (including phenoxy) is 2. The van der Waals surface area contributed by atoms with Crippen molar-refractivity contribution in [3.05, 3.63) is 89.0 Å². The number of benzene rings is 4. The minimum atomic E-state index is -0.353. The Balaban J connectivity index is 1.71. The molecule has 0 amide bonds. The second-order valence-electron chi connectivity index (χ2n) is 6.25. The lowest BCUT2D eigenvalue weighted by molar-refractivity contribution is -0.384. The zero-order chi connectivity index (χ0) is 18.4. The van der Waals surface area contributed by atoms with Crippen molar-refractivity contribution in [3.8, 4) is 34.1 Å². The van der Waals surface area contributed by atoms with Crippen molar-refractivity contribution < 1.29 is 14.4 Å². The van der Waals surface area contributed by atoms with Crippen molar-refractivity contribution in [1.29, 1.82) is 0 Å². The van der Waals surface area contributed by atoms with Gasteiger partial charge in [0.1, 0.15) is 0 Å². The number of rotatable bonds is 2. The van der Waals surface area contributed by atoms with E-state index in [-0.39, 0.29) is 10.6 Å².